The number of aromatic nitrogens is 1. The zero-order valence-electron chi connectivity index (χ0n) is 12.3. The lowest BCUT2D eigenvalue weighted by atomic mass is 10.00. The molecule has 22 heavy (non-hydrogen) atoms. The minimum atomic E-state index is -0.835. The number of hydrogen-bond donors (Lipinski definition) is 2. The zero-order chi connectivity index (χ0) is 15.7. The second-order valence-electron chi connectivity index (χ2n) is 5.58. The maximum atomic E-state index is 13.0. The van der Waals surface area contributed by atoms with Crippen molar-refractivity contribution in [3.8, 4) is 0 Å². The van der Waals surface area contributed by atoms with E-state index < -0.39 is 10.9 Å². The fourth-order valence-electron chi connectivity index (χ4n) is 2.90. The summed E-state index contributed by atoms with van der Waals surface area (Å²) in [6.45, 7) is 0. The van der Waals surface area contributed by atoms with Gasteiger partial charge in [-0.05, 0) is 53.4 Å². The molecule has 1 aromatic carbocycles. The Morgan fingerprint density at radius 2 is 2.18 bits per heavy atom. The van der Waals surface area contributed by atoms with Crippen molar-refractivity contribution in [1.29, 1.82) is 4.78 Å². The molecule has 2 heterocycles. The fourth-order valence-corrected chi connectivity index (χ4v) is 4.28. The molecule has 3 rings (SSSR count). The number of hydrogen-bond acceptors (Lipinski definition) is 2. The molecular formula is C16H18FN3OS. The van der Waals surface area contributed by atoms with Crippen LogP contribution in [0.5, 0.6) is 0 Å². The molecule has 0 fully saturated rings. The van der Waals surface area contributed by atoms with Gasteiger partial charge in [0.05, 0.1) is 10.6 Å². The lowest BCUT2D eigenvalue weighted by Gasteiger charge is -2.16. The van der Waals surface area contributed by atoms with Gasteiger partial charge in [-0.15, -0.1) is 0 Å². The van der Waals surface area contributed by atoms with Gasteiger partial charge in [0.2, 0.25) is 0 Å². The molecule has 2 N–H and O–H groups in total. The molecular weight excluding hydrogens is 301 g/mol. The molecule has 0 radical (unpaired) electrons. The Hall–Kier alpha value is -1.79. The number of carbonyl (C=O) groups excluding carboxylic acids is 1. The van der Waals surface area contributed by atoms with E-state index in [1.807, 2.05) is 13.2 Å². The van der Waals surface area contributed by atoms with Gasteiger partial charge in [-0.1, -0.05) is 12.1 Å². The van der Waals surface area contributed by atoms with Gasteiger partial charge < -0.3 is 4.57 Å². The molecule has 116 valence electrons. The topological polar surface area (TPSA) is 57.9 Å². The fraction of sp³-hybridized carbons (Fsp3) is 0.312. The van der Waals surface area contributed by atoms with Crippen LogP contribution >= 0.6 is 0 Å². The van der Waals surface area contributed by atoms with Crippen molar-refractivity contribution in [2.45, 2.75) is 30.2 Å². The monoisotopic (exact) mass is 319 g/mol. The van der Waals surface area contributed by atoms with Gasteiger partial charge >= 0.3 is 0 Å². The van der Waals surface area contributed by atoms with Gasteiger partial charge in [-0.2, -0.15) is 0 Å². The van der Waals surface area contributed by atoms with Crippen LogP contribution in [0, 0.1) is 10.6 Å². The second-order valence-corrected chi connectivity index (χ2v) is 6.86. The number of fused-ring (bicyclic) bond motifs is 1. The van der Waals surface area contributed by atoms with Crippen LogP contribution in [0.1, 0.15) is 28.0 Å². The summed E-state index contributed by atoms with van der Waals surface area (Å²) in [4.78, 5) is 12.2. The smallest absolute Gasteiger partial charge is 0.166 e. The number of rotatable bonds is 3. The molecule has 1 aliphatic rings. The summed E-state index contributed by atoms with van der Waals surface area (Å²) in [5.74, 6) is -0.235. The normalized spacial score (nSPS) is 21.2. The summed E-state index contributed by atoms with van der Waals surface area (Å²) in [6.07, 6.45) is 5.15. The molecule has 1 aromatic heterocycles. The van der Waals surface area contributed by atoms with E-state index in [1.165, 1.54) is 12.1 Å². The van der Waals surface area contributed by atoms with Gasteiger partial charge in [-0.25, -0.2) is 9.11 Å². The van der Waals surface area contributed by atoms with Gasteiger partial charge in [0.25, 0.3) is 0 Å². The molecule has 2 atom stereocenters. The van der Waals surface area contributed by atoms with E-state index in [-0.39, 0.29) is 11.9 Å². The molecule has 0 saturated heterocycles. The molecule has 2 aromatic rings. The molecule has 2 unspecified atom stereocenters. The minimum Gasteiger partial charge on any atom is -0.347 e. The summed E-state index contributed by atoms with van der Waals surface area (Å²) in [5, 5.41) is 0. The van der Waals surface area contributed by atoms with Gasteiger partial charge in [0.1, 0.15) is 5.82 Å². The summed E-state index contributed by atoms with van der Waals surface area (Å²) in [6, 6.07) is 6.66. The summed E-state index contributed by atoms with van der Waals surface area (Å²) < 4.78 is 26.4. The van der Waals surface area contributed by atoms with Crippen LogP contribution in [0.3, 0.4) is 0 Å². The Morgan fingerprint density at radius 1 is 1.45 bits per heavy atom. The molecule has 0 aliphatic carbocycles. The van der Waals surface area contributed by atoms with E-state index in [0.717, 1.165) is 41.6 Å². The third-order valence-electron chi connectivity index (χ3n) is 4.05. The van der Waals surface area contributed by atoms with Crippen LogP contribution in [-0.4, -0.2) is 16.9 Å². The summed E-state index contributed by atoms with van der Waals surface area (Å²) in [5.41, 5.74) is 2.72. The number of nitrogens with one attached hydrogen (secondary N) is 2. The highest BCUT2D eigenvalue weighted by molar-refractivity contribution is 7.84. The number of carbonyl (C=O) groups is 1. The Kier molecular flexibility index (Phi) is 4.22. The Bertz CT molecular complexity index is 724. The first-order valence-corrected chi connectivity index (χ1v) is 8.40. The molecule has 6 heteroatoms. The predicted molar refractivity (Wildman–Crippen MR) is 84.5 cm³/mol. The average molecular weight is 319 g/mol. The largest absolute Gasteiger partial charge is 0.347 e. The molecule has 4 nitrogen and oxygen atoms in total. The van der Waals surface area contributed by atoms with E-state index in [0.29, 0.717) is 5.69 Å². The van der Waals surface area contributed by atoms with Crippen LogP contribution in [0.4, 0.5) is 4.39 Å². The molecule has 1 aliphatic heterocycles. The van der Waals surface area contributed by atoms with Crippen LogP contribution in [0.2, 0.25) is 0 Å². The lowest BCUT2D eigenvalue weighted by Crippen LogP contribution is -2.31. The Balaban J connectivity index is 1.80. The molecule has 0 bridgehead atoms. The van der Waals surface area contributed by atoms with Crippen LogP contribution in [0.25, 0.3) is 0 Å². The summed E-state index contributed by atoms with van der Waals surface area (Å²) >= 11 is 0. The SMILES string of the molecule is Cn1cc2c(c1C=O)CCC(Cc1ccc(F)cc1)NS2=N. The van der Waals surface area contributed by atoms with Crippen LogP contribution in [0.15, 0.2) is 35.4 Å². The first-order valence-electron chi connectivity index (χ1n) is 7.18. The third kappa shape index (κ3) is 2.89. The van der Waals surface area contributed by atoms with E-state index in [1.54, 1.807) is 16.7 Å². The van der Waals surface area contributed by atoms with Crippen molar-refractivity contribution >= 4 is 17.2 Å². The van der Waals surface area contributed by atoms with Gasteiger partial charge in [0, 0.05) is 19.3 Å². The van der Waals surface area contributed by atoms with E-state index in [9.17, 15) is 9.18 Å². The average Bonchev–Trinajstić information content (AvgIpc) is 2.75. The maximum Gasteiger partial charge on any atom is 0.166 e. The lowest BCUT2D eigenvalue weighted by molar-refractivity contribution is 0.111. The van der Waals surface area contributed by atoms with E-state index >= 15 is 0 Å². The van der Waals surface area contributed by atoms with Gasteiger partial charge in [0.15, 0.2) is 6.29 Å². The number of benzene rings is 1. The van der Waals surface area contributed by atoms with Crippen molar-refractivity contribution in [2.75, 3.05) is 0 Å². The number of nitrogens with zero attached hydrogens (tertiary/aromatic N) is 1. The van der Waals surface area contributed by atoms with Crippen molar-refractivity contribution in [2.24, 2.45) is 7.05 Å². The molecule has 0 amide bonds. The van der Waals surface area contributed by atoms with E-state index in [4.69, 9.17) is 4.78 Å². The van der Waals surface area contributed by atoms with Crippen molar-refractivity contribution in [1.82, 2.24) is 9.29 Å². The molecule has 0 saturated carbocycles. The van der Waals surface area contributed by atoms with Crippen LogP contribution < -0.4 is 4.72 Å². The quantitative estimate of drug-likeness (QED) is 0.855. The highest BCUT2D eigenvalue weighted by atomic mass is 32.2. The first-order chi connectivity index (χ1) is 10.6. The van der Waals surface area contributed by atoms with E-state index in [2.05, 4.69) is 4.72 Å². The van der Waals surface area contributed by atoms with Crippen molar-refractivity contribution in [3.05, 3.63) is 53.1 Å². The highest BCUT2D eigenvalue weighted by Crippen LogP contribution is 2.25. The van der Waals surface area contributed by atoms with Gasteiger partial charge in [-0.3, -0.25) is 9.57 Å². The van der Waals surface area contributed by atoms with Crippen molar-refractivity contribution in [3.63, 3.8) is 0 Å². The Labute approximate surface area is 131 Å². The zero-order valence-corrected chi connectivity index (χ0v) is 13.1. The summed E-state index contributed by atoms with van der Waals surface area (Å²) in [7, 11) is 1.00. The van der Waals surface area contributed by atoms with Crippen LogP contribution in [-0.2, 0) is 30.8 Å². The highest BCUT2D eigenvalue weighted by Gasteiger charge is 2.23. The number of aldehydes is 1. The minimum absolute atomic E-state index is 0.156. The maximum absolute atomic E-state index is 13.0. The molecule has 0 spiro atoms. The number of halogens is 1. The standard InChI is InChI=1S/C16H18FN3OS/c1-20-9-16-14(15(20)10-21)7-6-13(19-22(16)18)8-11-2-4-12(17)5-3-11/h2-5,9-10,13H,6-8H2,1H3,(H2,18,19). The second kappa shape index (κ2) is 6.14. The Morgan fingerprint density at radius 3 is 2.86 bits per heavy atom. The van der Waals surface area contributed by atoms with Crippen molar-refractivity contribution < 1.29 is 9.18 Å². The number of aryl methyl sites for hydroxylation is 1. The third-order valence-corrected chi connectivity index (χ3v) is 5.41. The first kappa shape index (κ1) is 15.1. The predicted octanol–water partition coefficient (Wildman–Crippen LogP) is 2.78.